The van der Waals surface area contributed by atoms with Crippen molar-refractivity contribution in [1.82, 2.24) is 9.88 Å². The Balaban J connectivity index is 2.05. The minimum Gasteiger partial charge on any atom is -0.473 e. The van der Waals surface area contributed by atoms with Crippen molar-refractivity contribution in [1.29, 1.82) is 5.26 Å². The molecule has 0 amide bonds. The predicted molar refractivity (Wildman–Crippen MR) is 93.9 cm³/mol. The minimum atomic E-state index is -2.74. The molecule has 1 heterocycles. The highest BCUT2D eigenvalue weighted by Gasteiger charge is 2.26. The highest BCUT2D eigenvalue weighted by molar-refractivity contribution is 5.63. The number of aliphatic imine (C=N–C) groups is 1. The van der Waals surface area contributed by atoms with Gasteiger partial charge in [-0.1, -0.05) is 0 Å². The molecule has 6 nitrogen and oxygen atoms in total. The third kappa shape index (κ3) is 5.63. The largest absolute Gasteiger partial charge is 0.473 e. The quantitative estimate of drug-likeness (QED) is 0.542. The summed E-state index contributed by atoms with van der Waals surface area (Å²) in [5.41, 5.74) is 1.59. The number of pyridine rings is 1. The molecular weight excluding hydrogens is 342 g/mol. The van der Waals surface area contributed by atoms with E-state index in [4.69, 9.17) is 4.74 Å². The van der Waals surface area contributed by atoms with Crippen LogP contribution in [0.1, 0.15) is 43.9 Å². The average molecular weight is 366 g/mol. The molecule has 142 valence electrons. The summed E-state index contributed by atoms with van der Waals surface area (Å²) in [7, 11) is 1.91. The zero-order chi connectivity index (χ0) is 19.1. The summed E-state index contributed by atoms with van der Waals surface area (Å²) in [6.07, 6.45) is 3.27. The number of alkyl halides is 2. The van der Waals surface area contributed by atoms with Crippen LogP contribution >= 0.6 is 0 Å². The van der Waals surface area contributed by atoms with E-state index in [2.05, 4.69) is 20.8 Å². The Morgan fingerprint density at radius 1 is 1.38 bits per heavy atom. The van der Waals surface area contributed by atoms with Gasteiger partial charge in [0.2, 0.25) is 5.88 Å². The fraction of sp³-hybridized carbons (Fsp3) is 0.611. The van der Waals surface area contributed by atoms with Gasteiger partial charge in [-0.25, -0.2) is 9.98 Å². The molecule has 1 aromatic rings. The average Bonchev–Trinajstić information content (AvgIpc) is 2.62. The molecule has 2 rings (SSSR count). The third-order valence-corrected chi connectivity index (χ3v) is 4.36. The van der Waals surface area contributed by atoms with Crippen molar-refractivity contribution in [3.8, 4) is 11.9 Å². The fourth-order valence-corrected chi connectivity index (χ4v) is 2.71. The van der Waals surface area contributed by atoms with Crippen molar-refractivity contribution < 1.29 is 18.3 Å². The second kappa shape index (κ2) is 9.43. The van der Waals surface area contributed by atoms with Gasteiger partial charge in [0, 0.05) is 13.6 Å². The lowest BCUT2D eigenvalue weighted by Gasteiger charge is -2.28. The Bertz CT molecular complexity index is 668. The van der Waals surface area contributed by atoms with Gasteiger partial charge in [0.05, 0.1) is 23.8 Å². The SMILES string of the molecule is CCN(C)C=Nc1cc(C#N)c(OC2CCC(OC(F)F)CC2)nc1C. The van der Waals surface area contributed by atoms with Crippen molar-refractivity contribution in [2.75, 3.05) is 13.6 Å². The summed E-state index contributed by atoms with van der Waals surface area (Å²) in [6, 6.07) is 3.75. The van der Waals surface area contributed by atoms with Gasteiger partial charge in [-0.15, -0.1) is 0 Å². The Morgan fingerprint density at radius 3 is 2.62 bits per heavy atom. The lowest BCUT2D eigenvalue weighted by molar-refractivity contribution is -0.173. The molecule has 1 aliphatic carbocycles. The van der Waals surface area contributed by atoms with Crippen LogP contribution in [0.15, 0.2) is 11.1 Å². The molecule has 0 aliphatic heterocycles. The van der Waals surface area contributed by atoms with Crippen molar-refractivity contribution >= 4 is 12.0 Å². The highest BCUT2D eigenvalue weighted by Crippen LogP contribution is 2.29. The standard InChI is InChI=1S/C18H24F2N4O2/c1-4-24(3)11-22-16-9-13(10-21)17(23-12(16)2)25-14-5-7-15(8-6-14)26-18(19)20/h9,11,14-15,18H,4-8H2,1-3H3. The molecule has 0 bridgehead atoms. The van der Waals surface area contributed by atoms with Crippen LogP contribution in [0.2, 0.25) is 0 Å². The Morgan fingerprint density at radius 2 is 2.04 bits per heavy atom. The molecule has 8 heteroatoms. The number of nitrogens with zero attached hydrogens (tertiary/aromatic N) is 4. The van der Waals surface area contributed by atoms with Gasteiger partial charge in [-0.05, 0) is 45.6 Å². The first-order valence-electron chi connectivity index (χ1n) is 8.69. The number of halogens is 2. The molecule has 0 spiro atoms. The first kappa shape index (κ1) is 20.0. The van der Waals surface area contributed by atoms with E-state index in [-0.39, 0.29) is 12.0 Å². The molecule has 0 radical (unpaired) electrons. The molecule has 1 saturated carbocycles. The smallest absolute Gasteiger partial charge is 0.345 e. The van der Waals surface area contributed by atoms with Crippen LogP contribution in [0.25, 0.3) is 0 Å². The monoisotopic (exact) mass is 366 g/mol. The lowest BCUT2D eigenvalue weighted by atomic mass is 9.95. The summed E-state index contributed by atoms with van der Waals surface area (Å²) in [5.74, 6) is 0.269. The van der Waals surface area contributed by atoms with Crippen LogP contribution < -0.4 is 4.74 Å². The first-order valence-corrected chi connectivity index (χ1v) is 8.69. The second-order valence-corrected chi connectivity index (χ2v) is 6.29. The van der Waals surface area contributed by atoms with Crippen LogP contribution in [-0.4, -0.2) is 48.6 Å². The molecule has 1 fully saturated rings. The van der Waals surface area contributed by atoms with Crippen molar-refractivity contribution in [2.45, 2.75) is 58.4 Å². The number of aryl methyl sites for hydroxylation is 1. The van der Waals surface area contributed by atoms with Gasteiger partial charge >= 0.3 is 6.61 Å². The molecule has 0 aromatic carbocycles. The second-order valence-electron chi connectivity index (χ2n) is 6.29. The minimum absolute atomic E-state index is 0.160. The number of hydrogen-bond acceptors (Lipinski definition) is 5. The van der Waals surface area contributed by atoms with Gasteiger partial charge < -0.3 is 14.4 Å². The topological polar surface area (TPSA) is 70.7 Å². The first-order chi connectivity index (χ1) is 12.4. The van der Waals surface area contributed by atoms with Crippen LogP contribution in [0.3, 0.4) is 0 Å². The van der Waals surface area contributed by atoms with E-state index in [9.17, 15) is 14.0 Å². The summed E-state index contributed by atoms with van der Waals surface area (Å²) in [4.78, 5) is 10.6. The normalized spacial score (nSPS) is 20.3. The van der Waals surface area contributed by atoms with Gasteiger partial charge in [-0.3, -0.25) is 0 Å². The zero-order valence-electron chi connectivity index (χ0n) is 15.3. The van der Waals surface area contributed by atoms with E-state index in [0.29, 0.717) is 42.6 Å². The highest BCUT2D eigenvalue weighted by atomic mass is 19.3. The van der Waals surface area contributed by atoms with Gasteiger partial charge in [0.25, 0.3) is 0 Å². The van der Waals surface area contributed by atoms with Crippen LogP contribution in [0, 0.1) is 18.3 Å². The summed E-state index contributed by atoms with van der Waals surface area (Å²) < 4.78 is 35.0. The summed E-state index contributed by atoms with van der Waals surface area (Å²) in [5, 5.41) is 9.39. The van der Waals surface area contributed by atoms with Crippen LogP contribution in [-0.2, 0) is 4.74 Å². The molecule has 1 aliphatic rings. The van der Waals surface area contributed by atoms with Gasteiger partial charge in [-0.2, -0.15) is 14.0 Å². The van der Waals surface area contributed by atoms with E-state index in [1.807, 2.05) is 18.9 Å². The maximum Gasteiger partial charge on any atom is 0.345 e. The molecule has 26 heavy (non-hydrogen) atoms. The maximum atomic E-state index is 12.3. The van der Waals surface area contributed by atoms with Crippen molar-refractivity contribution in [2.24, 2.45) is 4.99 Å². The van der Waals surface area contributed by atoms with Gasteiger partial charge in [0.15, 0.2) is 0 Å². The Kier molecular flexibility index (Phi) is 7.27. The zero-order valence-corrected chi connectivity index (χ0v) is 15.3. The van der Waals surface area contributed by atoms with E-state index in [1.165, 1.54) is 0 Å². The number of rotatable bonds is 7. The van der Waals surface area contributed by atoms with Gasteiger partial charge in [0.1, 0.15) is 17.7 Å². The number of hydrogen-bond donors (Lipinski definition) is 0. The summed E-state index contributed by atoms with van der Waals surface area (Å²) in [6.45, 7) is 1.89. The Hall–Kier alpha value is -2.27. The number of nitriles is 1. The van der Waals surface area contributed by atoms with Crippen LogP contribution in [0.4, 0.5) is 14.5 Å². The maximum absolute atomic E-state index is 12.3. The van der Waals surface area contributed by atoms with Crippen LogP contribution in [0.5, 0.6) is 5.88 Å². The number of aromatic nitrogens is 1. The van der Waals surface area contributed by atoms with Crippen molar-refractivity contribution in [3.63, 3.8) is 0 Å². The third-order valence-electron chi connectivity index (χ3n) is 4.36. The van der Waals surface area contributed by atoms with E-state index >= 15 is 0 Å². The molecule has 0 unspecified atom stereocenters. The number of ether oxygens (including phenoxy) is 2. The lowest BCUT2D eigenvalue weighted by Crippen LogP contribution is -2.29. The molecule has 0 atom stereocenters. The molecule has 0 N–H and O–H groups in total. The fourth-order valence-electron chi connectivity index (χ4n) is 2.71. The molecule has 0 saturated heterocycles. The van der Waals surface area contributed by atoms with Crippen molar-refractivity contribution in [3.05, 3.63) is 17.3 Å². The molecular formula is C18H24F2N4O2. The predicted octanol–water partition coefficient (Wildman–Crippen LogP) is 3.80. The molecule has 1 aromatic heterocycles. The van der Waals surface area contributed by atoms with E-state index in [0.717, 1.165) is 6.54 Å². The van der Waals surface area contributed by atoms with E-state index in [1.54, 1.807) is 19.3 Å². The van der Waals surface area contributed by atoms with E-state index < -0.39 is 12.7 Å². The Labute approximate surface area is 152 Å². The summed E-state index contributed by atoms with van der Waals surface area (Å²) >= 11 is 0.